The Hall–Kier alpha value is -7.87. The molecule has 0 bridgehead atoms. The maximum atomic E-state index is 14.9. The van der Waals surface area contributed by atoms with Gasteiger partial charge in [0.2, 0.25) is 0 Å². The summed E-state index contributed by atoms with van der Waals surface area (Å²) in [5, 5.41) is 29.4. The van der Waals surface area contributed by atoms with Gasteiger partial charge in [0.25, 0.3) is 0 Å². The maximum Gasteiger partial charge on any atom is 0.498 e. The van der Waals surface area contributed by atoms with Crippen molar-refractivity contribution < 1.29 is 37.9 Å². The van der Waals surface area contributed by atoms with Gasteiger partial charge >= 0.3 is 19.1 Å². The lowest BCUT2D eigenvalue weighted by Crippen LogP contribution is -2.41. The first-order chi connectivity index (χ1) is 32.4. The van der Waals surface area contributed by atoms with Gasteiger partial charge in [-0.2, -0.15) is 10.2 Å². The zero-order chi connectivity index (χ0) is 48.2. The van der Waals surface area contributed by atoms with E-state index in [1.54, 1.807) is 64.5 Å². The number of pyridine rings is 4. The number of H-pyrrole nitrogens is 2. The number of nitrogens with one attached hydrogen (secondary N) is 2. The number of carboxylic acid groups (broad SMARTS) is 2. The third kappa shape index (κ3) is 8.53. The zero-order valence-corrected chi connectivity index (χ0v) is 38.0. The van der Waals surface area contributed by atoms with E-state index in [4.69, 9.17) is 31.1 Å². The molecule has 342 valence electrons. The zero-order valence-electron chi connectivity index (χ0n) is 37.2. The Labute approximate surface area is 390 Å². The second-order valence-corrected chi connectivity index (χ2v) is 17.4. The molecule has 0 radical (unpaired) electrons. The normalized spacial score (nSPS) is 14.0. The Morgan fingerprint density at radius 1 is 0.632 bits per heavy atom. The number of rotatable bonds is 6. The number of carboxylic acids is 2. The number of carbonyl (C=O) groups is 2. The second-order valence-electron chi connectivity index (χ2n) is 17.0. The standard InChI is InChI=1S/C21H14FN5O2.C17H9ClFN3O2.C10H17BN2O2/c1-27-10-13(7-25-27)16-6-14-17(9-23-16)26-20-19(14)18(15(22)8-24-20)11-2-4-12(5-3-11)21(28)29;18-13-5-10-12(7-20-13)22-16-15(10)14(11(19)6-21-16)8-1-3-9(4-2-8)17(23)24;1-9(2)10(3,4)15-11(14-9)8-6-12-13(5)7-8/h2-10H,1H3,(H,24,26)(H,28,29);1-7H,(H,21,22)(H,23,24);6-7H,1-5H3. The number of aromatic carboxylic acids is 2. The van der Waals surface area contributed by atoms with Crippen LogP contribution < -0.4 is 5.46 Å². The molecule has 10 aromatic rings. The maximum absolute atomic E-state index is 14.9. The molecule has 0 saturated carbocycles. The van der Waals surface area contributed by atoms with Crippen LogP contribution >= 0.6 is 11.6 Å². The number of aryl methyl sites for hydroxylation is 2. The fourth-order valence-electron chi connectivity index (χ4n) is 7.82. The van der Waals surface area contributed by atoms with Crippen LogP contribution in [0.5, 0.6) is 0 Å². The molecule has 8 aromatic heterocycles. The SMILES string of the molecule is Cn1cc(-c2cc3c(cn2)[nH]c2ncc(F)c(-c4ccc(C(=O)O)cc4)c23)cn1.Cn1cc(B2OC(C)(C)C(C)(C)O2)cn1.O=C(O)c1ccc(-c2c(F)cnc3[nH]c4cnc(Cl)cc4c23)cc1. The van der Waals surface area contributed by atoms with Gasteiger partial charge < -0.3 is 29.5 Å². The lowest BCUT2D eigenvalue weighted by molar-refractivity contribution is 0.00578. The smallest absolute Gasteiger partial charge is 0.478 e. The van der Waals surface area contributed by atoms with Crippen LogP contribution in [0.25, 0.3) is 77.4 Å². The van der Waals surface area contributed by atoms with Crippen molar-refractivity contribution in [1.29, 1.82) is 0 Å². The fraction of sp³-hybridized carbons (Fsp3) is 0.167. The van der Waals surface area contributed by atoms with Crippen molar-refractivity contribution >= 4 is 80.0 Å². The molecule has 20 heteroatoms. The molecule has 16 nitrogen and oxygen atoms in total. The molecule has 0 unspecified atom stereocenters. The largest absolute Gasteiger partial charge is 0.498 e. The molecule has 0 aliphatic carbocycles. The molecule has 4 N–H and O–H groups in total. The van der Waals surface area contributed by atoms with Crippen LogP contribution in [-0.2, 0) is 23.4 Å². The number of nitrogens with zero attached hydrogens (tertiary/aromatic N) is 8. The number of hydrogen-bond acceptors (Lipinski definition) is 10. The van der Waals surface area contributed by atoms with E-state index in [0.29, 0.717) is 66.1 Å². The Balaban J connectivity index is 0.000000134. The summed E-state index contributed by atoms with van der Waals surface area (Å²) in [5.74, 6) is -3.05. The van der Waals surface area contributed by atoms with Gasteiger partial charge in [-0.3, -0.25) is 14.3 Å². The van der Waals surface area contributed by atoms with Crippen molar-refractivity contribution in [2.75, 3.05) is 0 Å². The lowest BCUT2D eigenvalue weighted by Gasteiger charge is -2.32. The molecule has 1 fully saturated rings. The predicted molar refractivity (Wildman–Crippen MR) is 254 cm³/mol. The van der Waals surface area contributed by atoms with Crippen LogP contribution in [-0.4, -0.2) is 89.9 Å². The van der Waals surface area contributed by atoms with Crippen LogP contribution in [0, 0.1) is 11.6 Å². The van der Waals surface area contributed by atoms with Crippen LogP contribution in [0.3, 0.4) is 0 Å². The highest BCUT2D eigenvalue weighted by atomic mass is 35.5. The van der Waals surface area contributed by atoms with Gasteiger partial charge in [0.1, 0.15) is 28.1 Å². The fourth-order valence-corrected chi connectivity index (χ4v) is 7.98. The molecule has 1 aliphatic rings. The number of aromatic nitrogens is 10. The van der Waals surface area contributed by atoms with Gasteiger partial charge in [-0.15, -0.1) is 0 Å². The number of benzene rings is 2. The summed E-state index contributed by atoms with van der Waals surface area (Å²) < 4.78 is 44.6. The summed E-state index contributed by atoms with van der Waals surface area (Å²) in [6.45, 7) is 8.18. The number of aromatic amines is 2. The van der Waals surface area contributed by atoms with Gasteiger partial charge in [-0.05, 0) is 75.2 Å². The minimum Gasteiger partial charge on any atom is -0.478 e. The van der Waals surface area contributed by atoms with E-state index in [9.17, 15) is 18.4 Å². The van der Waals surface area contributed by atoms with Crippen molar-refractivity contribution in [2.45, 2.75) is 38.9 Å². The Morgan fingerprint density at radius 3 is 1.56 bits per heavy atom. The van der Waals surface area contributed by atoms with Crippen molar-refractivity contribution in [3.8, 4) is 33.5 Å². The second kappa shape index (κ2) is 17.4. The Bertz CT molecular complexity index is 3560. The van der Waals surface area contributed by atoms with Gasteiger partial charge in [0.05, 0.1) is 70.0 Å². The minimum atomic E-state index is -1.04. The summed E-state index contributed by atoms with van der Waals surface area (Å²) in [5.41, 5.74) is 6.52. The van der Waals surface area contributed by atoms with E-state index in [1.807, 2.05) is 60.3 Å². The van der Waals surface area contributed by atoms with Crippen molar-refractivity contribution in [2.24, 2.45) is 14.1 Å². The van der Waals surface area contributed by atoms with E-state index >= 15 is 0 Å². The van der Waals surface area contributed by atoms with Gasteiger partial charge in [0, 0.05) is 76.4 Å². The van der Waals surface area contributed by atoms with Crippen LogP contribution in [0.1, 0.15) is 48.4 Å². The molecule has 0 atom stereocenters. The molecule has 1 aliphatic heterocycles. The summed E-state index contributed by atoms with van der Waals surface area (Å²) in [4.78, 5) is 45.1. The number of hydrogen-bond donors (Lipinski definition) is 4. The molecule has 68 heavy (non-hydrogen) atoms. The molecule has 9 heterocycles. The number of halogens is 3. The van der Waals surface area contributed by atoms with Gasteiger partial charge in [-0.25, -0.2) is 33.3 Å². The van der Waals surface area contributed by atoms with E-state index in [1.165, 1.54) is 24.3 Å². The van der Waals surface area contributed by atoms with Crippen molar-refractivity contribution in [3.63, 3.8) is 0 Å². The summed E-state index contributed by atoms with van der Waals surface area (Å²) in [6, 6.07) is 15.7. The van der Waals surface area contributed by atoms with Gasteiger partial charge in [-0.1, -0.05) is 35.9 Å². The highest BCUT2D eigenvalue weighted by Gasteiger charge is 2.52. The minimum absolute atomic E-state index is 0.135. The third-order valence-electron chi connectivity index (χ3n) is 12.0. The Kier molecular flexibility index (Phi) is 11.6. The monoisotopic (exact) mass is 936 g/mol. The number of fused-ring (bicyclic) bond motifs is 6. The van der Waals surface area contributed by atoms with Crippen molar-refractivity contribution in [3.05, 3.63) is 138 Å². The first-order valence-corrected chi connectivity index (χ1v) is 21.3. The predicted octanol–water partition coefficient (Wildman–Crippen LogP) is 9.00. The average molecular weight is 937 g/mol. The van der Waals surface area contributed by atoms with Gasteiger partial charge in [0.15, 0.2) is 0 Å². The van der Waals surface area contributed by atoms with E-state index < -0.39 is 23.6 Å². The third-order valence-corrected chi connectivity index (χ3v) is 12.2. The summed E-state index contributed by atoms with van der Waals surface area (Å²) in [6.07, 6.45) is 12.8. The first kappa shape index (κ1) is 45.3. The Morgan fingerprint density at radius 2 is 1.10 bits per heavy atom. The molecule has 11 rings (SSSR count). The topological polar surface area (TPSA) is 212 Å². The molecular formula is C48H40BClF2N10O6. The molecule has 1 saturated heterocycles. The quantitative estimate of drug-likeness (QED) is 0.0909. The lowest BCUT2D eigenvalue weighted by atomic mass is 9.82. The highest BCUT2D eigenvalue weighted by molar-refractivity contribution is 6.62. The summed E-state index contributed by atoms with van der Waals surface area (Å²) >= 11 is 5.97. The van der Waals surface area contributed by atoms with Crippen LogP contribution in [0.15, 0.2) is 110 Å². The first-order valence-electron chi connectivity index (χ1n) is 21.0. The molecule has 0 amide bonds. The highest BCUT2D eigenvalue weighted by Crippen LogP contribution is 2.39. The van der Waals surface area contributed by atoms with E-state index in [-0.39, 0.29) is 29.4 Å². The molecular weight excluding hydrogens is 897 g/mol. The summed E-state index contributed by atoms with van der Waals surface area (Å²) in [7, 11) is 3.41. The van der Waals surface area contributed by atoms with E-state index in [2.05, 4.69) is 40.1 Å². The van der Waals surface area contributed by atoms with Crippen molar-refractivity contribution in [1.82, 2.24) is 49.5 Å². The van der Waals surface area contributed by atoms with Crippen LogP contribution in [0.2, 0.25) is 5.15 Å². The molecule has 0 spiro atoms. The average Bonchev–Trinajstić information content (AvgIpc) is 4.14. The van der Waals surface area contributed by atoms with Crippen LogP contribution in [0.4, 0.5) is 8.78 Å². The molecule has 2 aromatic carbocycles. The van der Waals surface area contributed by atoms with E-state index in [0.717, 1.165) is 34.3 Å².